The van der Waals surface area contributed by atoms with Crippen molar-refractivity contribution in [2.75, 3.05) is 64.1 Å². The van der Waals surface area contributed by atoms with Crippen LogP contribution in [0.4, 0.5) is 14.6 Å². The molecular weight excluding hydrogens is 672 g/mol. The molecule has 4 saturated heterocycles. The van der Waals surface area contributed by atoms with Gasteiger partial charge in [-0.3, -0.25) is 9.88 Å². The third-order valence-corrected chi connectivity index (χ3v) is 11.0. The van der Waals surface area contributed by atoms with Crippen molar-refractivity contribution >= 4 is 39.2 Å². The molecule has 0 radical (unpaired) electrons. The van der Waals surface area contributed by atoms with E-state index in [0.29, 0.717) is 83.8 Å². The maximum absolute atomic E-state index is 17.3. The van der Waals surface area contributed by atoms with Crippen molar-refractivity contribution < 1.29 is 33.2 Å². The zero-order valence-corrected chi connectivity index (χ0v) is 28.6. The molecular formula is C35H42ClF2N7O5. The molecule has 4 fully saturated rings. The van der Waals surface area contributed by atoms with Crippen molar-refractivity contribution in [3.05, 3.63) is 34.9 Å². The smallest absolute Gasteiger partial charge is 0.319 e. The second-order valence-electron chi connectivity index (χ2n) is 13.9. The SMILES string of the molecule is OCCCc1c(Cl)cc2c(cnn2C2CCCCO2)c1-c1ncc2c(N3CCOC[C@@H](O)C3)nc(OC[C@@]34CCCN3C[C@H](F)C4)nc2c1F. The van der Waals surface area contributed by atoms with Gasteiger partial charge in [0.2, 0.25) is 0 Å². The number of aromatic nitrogens is 5. The zero-order chi connectivity index (χ0) is 34.4. The second-order valence-corrected chi connectivity index (χ2v) is 14.3. The lowest BCUT2D eigenvalue weighted by molar-refractivity contribution is -0.0366. The quantitative estimate of drug-likeness (QED) is 0.252. The van der Waals surface area contributed by atoms with E-state index in [1.807, 2.05) is 11.0 Å². The predicted octanol–water partition coefficient (Wildman–Crippen LogP) is 4.61. The number of ether oxygens (including phenoxy) is 3. The standard InChI is InChI=1S/C35H42ClF2N7O5/c36-26-13-27-24(16-40-45(27)28-6-1-2-11-49-28)29(23(26)5-3-10-46)32-30(38)31-25(15-39-32)33(43-9-12-48-19-22(47)18-43)42-34(41-31)50-20-35-7-4-8-44(35)17-21(37)14-35/h13,15-16,21-22,28,46-47H,1-12,14,17-20H2/t21-,22+,28?,35+/m1/s1. The van der Waals surface area contributed by atoms with Crippen molar-refractivity contribution in [2.24, 2.45) is 0 Å². The molecule has 4 aliphatic heterocycles. The first kappa shape index (κ1) is 33.9. The lowest BCUT2D eigenvalue weighted by atomic mass is 9.95. The van der Waals surface area contributed by atoms with Gasteiger partial charge in [-0.1, -0.05) is 11.6 Å². The third kappa shape index (κ3) is 6.17. The number of aliphatic hydroxyl groups is 2. The van der Waals surface area contributed by atoms with Crippen LogP contribution in [0.5, 0.6) is 6.01 Å². The van der Waals surface area contributed by atoms with Crippen molar-refractivity contribution in [2.45, 2.75) is 75.4 Å². The van der Waals surface area contributed by atoms with Crippen molar-refractivity contribution in [3.63, 3.8) is 0 Å². The molecule has 0 saturated carbocycles. The molecule has 4 aliphatic rings. The molecule has 0 bridgehead atoms. The van der Waals surface area contributed by atoms with Gasteiger partial charge in [0, 0.05) is 61.4 Å². The molecule has 4 atom stereocenters. The summed E-state index contributed by atoms with van der Waals surface area (Å²) < 4.78 is 51.5. The Morgan fingerprint density at radius 1 is 1.10 bits per heavy atom. The Morgan fingerprint density at radius 3 is 2.84 bits per heavy atom. The zero-order valence-electron chi connectivity index (χ0n) is 27.9. The van der Waals surface area contributed by atoms with Crippen molar-refractivity contribution in [1.29, 1.82) is 0 Å². The van der Waals surface area contributed by atoms with Gasteiger partial charge in [-0.2, -0.15) is 15.1 Å². The highest BCUT2D eigenvalue weighted by Crippen LogP contribution is 2.43. The van der Waals surface area contributed by atoms with Gasteiger partial charge in [-0.25, -0.2) is 13.5 Å². The first-order chi connectivity index (χ1) is 24.3. The lowest BCUT2D eigenvalue weighted by Crippen LogP contribution is -2.43. The summed E-state index contributed by atoms with van der Waals surface area (Å²) in [5, 5.41) is 26.4. The topological polar surface area (TPSA) is 131 Å². The maximum Gasteiger partial charge on any atom is 0.319 e. The Labute approximate surface area is 293 Å². The van der Waals surface area contributed by atoms with E-state index in [0.717, 1.165) is 38.6 Å². The number of β-amino-alcohol motifs (C(OH)–C–C–N with tert-alkyl or cyclic N) is 1. The molecule has 3 aromatic heterocycles. The van der Waals surface area contributed by atoms with Gasteiger partial charge in [0.15, 0.2) is 12.0 Å². The summed E-state index contributed by atoms with van der Waals surface area (Å²) in [6.45, 7) is 3.03. The number of fused-ring (bicyclic) bond motifs is 3. The monoisotopic (exact) mass is 713 g/mol. The van der Waals surface area contributed by atoms with Gasteiger partial charge in [0.1, 0.15) is 29.8 Å². The van der Waals surface area contributed by atoms with E-state index < -0.39 is 23.6 Å². The van der Waals surface area contributed by atoms with E-state index in [2.05, 4.69) is 15.0 Å². The largest absolute Gasteiger partial charge is 0.461 e. The highest BCUT2D eigenvalue weighted by Gasteiger charge is 2.49. The molecule has 12 nitrogen and oxygen atoms in total. The summed E-state index contributed by atoms with van der Waals surface area (Å²) >= 11 is 6.94. The highest BCUT2D eigenvalue weighted by atomic mass is 35.5. The summed E-state index contributed by atoms with van der Waals surface area (Å²) in [6, 6.07) is 1.79. The van der Waals surface area contributed by atoms with Crippen LogP contribution in [0.25, 0.3) is 33.1 Å². The van der Waals surface area contributed by atoms with Gasteiger partial charge in [-0.05, 0) is 63.1 Å². The fraction of sp³-hybridized carbons (Fsp3) is 0.600. The normalized spacial score (nSPS) is 26.2. The molecule has 2 N–H and O–H groups in total. The maximum atomic E-state index is 17.3. The molecule has 8 rings (SSSR count). The molecule has 4 aromatic rings. The van der Waals surface area contributed by atoms with Gasteiger partial charge < -0.3 is 29.3 Å². The van der Waals surface area contributed by atoms with E-state index in [9.17, 15) is 14.6 Å². The fourth-order valence-electron chi connectivity index (χ4n) is 8.25. The van der Waals surface area contributed by atoms with Crippen LogP contribution in [0.1, 0.15) is 56.7 Å². The van der Waals surface area contributed by atoms with E-state index in [1.165, 1.54) is 0 Å². The van der Waals surface area contributed by atoms with Gasteiger partial charge in [-0.15, -0.1) is 0 Å². The van der Waals surface area contributed by atoms with E-state index >= 15 is 4.39 Å². The molecule has 0 spiro atoms. The number of anilines is 1. The Hall–Kier alpha value is -3.27. The van der Waals surface area contributed by atoms with E-state index in [4.69, 9.17) is 35.8 Å². The van der Waals surface area contributed by atoms with E-state index in [1.54, 1.807) is 17.1 Å². The van der Waals surface area contributed by atoms with Gasteiger partial charge >= 0.3 is 6.01 Å². The van der Waals surface area contributed by atoms with Gasteiger partial charge in [0.25, 0.3) is 0 Å². The van der Waals surface area contributed by atoms with Crippen molar-refractivity contribution in [3.8, 4) is 17.3 Å². The first-order valence-electron chi connectivity index (χ1n) is 17.7. The number of hydrogen-bond acceptors (Lipinski definition) is 11. The molecule has 15 heteroatoms. The van der Waals surface area contributed by atoms with Crippen LogP contribution >= 0.6 is 11.6 Å². The highest BCUT2D eigenvalue weighted by molar-refractivity contribution is 6.33. The molecule has 50 heavy (non-hydrogen) atoms. The summed E-state index contributed by atoms with van der Waals surface area (Å²) in [4.78, 5) is 18.0. The summed E-state index contributed by atoms with van der Waals surface area (Å²) in [5.41, 5.74) is 1.39. The molecule has 0 aliphatic carbocycles. The molecule has 1 unspecified atom stereocenters. The van der Waals surface area contributed by atoms with Crippen LogP contribution in [0, 0.1) is 5.82 Å². The van der Waals surface area contributed by atoms with Crippen LogP contribution in [0.15, 0.2) is 18.5 Å². The van der Waals surface area contributed by atoms with Crippen LogP contribution in [-0.4, -0.2) is 117 Å². The number of rotatable bonds is 9. The van der Waals surface area contributed by atoms with Crippen LogP contribution in [0.2, 0.25) is 5.02 Å². The van der Waals surface area contributed by atoms with Crippen LogP contribution in [-0.2, 0) is 15.9 Å². The minimum Gasteiger partial charge on any atom is -0.461 e. The van der Waals surface area contributed by atoms with Crippen LogP contribution < -0.4 is 9.64 Å². The summed E-state index contributed by atoms with van der Waals surface area (Å²) in [5.74, 6) is -0.328. The Balaban J connectivity index is 1.27. The number of nitrogens with zero attached hydrogens (tertiary/aromatic N) is 7. The number of aliphatic hydroxyl groups excluding tert-OH is 2. The number of benzene rings is 1. The molecule has 7 heterocycles. The van der Waals surface area contributed by atoms with Crippen molar-refractivity contribution in [1.82, 2.24) is 29.6 Å². The summed E-state index contributed by atoms with van der Waals surface area (Å²) in [7, 11) is 0. The van der Waals surface area contributed by atoms with Crippen LogP contribution in [0.3, 0.4) is 0 Å². The Kier molecular flexibility index (Phi) is 9.50. The predicted molar refractivity (Wildman–Crippen MR) is 183 cm³/mol. The number of alkyl halides is 1. The second kappa shape index (κ2) is 14.0. The average Bonchev–Trinajstić information content (AvgIpc) is 3.74. The number of halogens is 3. The fourth-order valence-corrected chi connectivity index (χ4v) is 8.54. The third-order valence-electron chi connectivity index (χ3n) is 10.6. The minimum atomic E-state index is -0.930. The van der Waals surface area contributed by atoms with Gasteiger partial charge in [0.05, 0.1) is 42.0 Å². The lowest BCUT2D eigenvalue weighted by Gasteiger charge is -2.31. The first-order valence-corrected chi connectivity index (χ1v) is 18.0. The number of pyridine rings is 1. The minimum absolute atomic E-state index is 0.00513. The number of hydrogen-bond donors (Lipinski definition) is 2. The molecule has 268 valence electrons. The molecule has 1 aromatic carbocycles. The average molecular weight is 714 g/mol. The summed E-state index contributed by atoms with van der Waals surface area (Å²) in [6.07, 6.45) is 6.94. The van der Waals surface area contributed by atoms with E-state index in [-0.39, 0.29) is 49.8 Å². The molecule has 0 amide bonds. The Morgan fingerprint density at radius 2 is 2.00 bits per heavy atom. The Bertz CT molecular complexity index is 1880.